The van der Waals surface area contributed by atoms with Crippen molar-refractivity contribution in [1.82, 2.24) is 19.4 Å². The number of imidazole rings is 1. The Kier molecular flexibility index (Phi) is 8.09. The Morgan fingerprint density at radius 3 is 2.72 bits per heavy atom. The van der Waals surface area contributed by atoms with Gasteiger partial charge in [-0.15, -0.1) is 0 Å². The fourth-order valence-electron chi connectivity index (χ4n) is 5.22. The Labute approximate surface area is 233 Å². The molecule has 39 heavy (non-hydrogen) atoms. The standard InChI is InChI=1S/C29H36ClN5O4/c1-29(2,3)39-28(37)34-10-4-5-21(17-34)27(36)33-26-14-22(23(30)15-31-26)20-6-7-24-25(13-20)35(18-32-24)16-19-8-11-38-12-9-19/h6-7,13-15,18-19,21H,4-5,8-12,16-17H2,1-3H3,(H,31,33,36)/t21-/m1/s1. The summed E-state index contributed by atoms with van der Waals surface area (Å²) in [5.74, 6) is 0.471. The van der Waals surface area contributed by atoms with E-state index in [-0.39, 0.29) is 11.8 Å². The van der Waals surface area contributed by atoms with E-state index in [1.54, 1.807) is 17.2 Å². The quantitative estimate of drug-likeness (QED) is 0.431. The van der Waals surface area contributed by atoms with Crippen LogP contribution in [0.25, 0.3) is 22.2 Å². The lowest BCUT2D eigenvalue weighted by atomic mass is 9.97. The number of anilines is 1. The normalized spacial score (nSPS) is 18.8. The number of ether oxygens (including phenoxy) is 2. The first-order valence-corrected chi connectivity index (χ1v) is 14.0. The molecule has 9 nitrogen and oxygen atoms in total. The first-order valence-electron chi connectivity index (χ1n) is 13.6. The van der Waals surface area contributed by atoms with Crippen LogP contribution in [0.1, 0.15) is 46.5 Å². The number of amides is 2. The van der Waals surface area contributed by atoms with Gasteiger partial charge in [-0.3, -0.25) is 4.79 Å². The van der Waals surface area contributed by atoms with Crippen LogP contribution in [-0.2, 0) is 20.8 Å². The van der Waals surface area contributed by atoms with Crippen molar-refractivity contribution in [3.05, 3.63) is 41.8 Å². The molecule has 2 fully saturated rings. The molecule has 2 saturated heterocycles. The molecule has 2 aliphatic heterocycles. The predicted octanol–water partition coefficient (Wildman–Crippen LogP) is 5.76. The molecule has 2 aliphatic rings. The molecule has 2 aromatic heterocycles. The Bertz CT molecular complexity index is 1350. The number of likely N-dealkylation sites (tertiary alicyclic amines) is 1. The van der Waals surface area contributed by atoms with Gasteiger partial charge in [0, 0.05) is 44.6 Å². The number of hydrogen-bond donors (Lipinski definition) is 1. The molecule has 10 heteroatoms. The number of fused-ring (bicyclic) bond motifs is 1. The summed E-state index contributed by atoms with van der Waals surface area (Å²) in [4.78, 5) is 36.2. The molecule has 3 aromatic rings. The zero-order valence-corrected chi connectivity index (χ0v) is 23.5. The van der Waals surface area contributed by atoms with E-state index in [1.807, 2.05) is 39.2 Å². The zero-order valence-electron chi connectivity index (χ0n) is 22.8. The molecule has 2 amide bonds. The summed E-state index contributed by atoms with van der Waals surface area (Å²) in [6.45, 7) is 8.91. The number of nitrogens with zero attached hydrogens (tertiary/aromatic N) is 4. The second kappa shape index (κ2) is 11.5. The molecule has 0 spiro atoms. The fraction of sp³-hybridized carbons (Fsp3) is 0.517. The van der Waals surface area contributed by atoms with Crippen LogP contribution in [-0.4, -0.2) is 63.3 Å². The van der Waals surface area contributed by atoms with Gasteiger partial charge in [0.25, 0.3) is 0 Å². The van der Waals surface area contributed by atoms with Crippen molar-refractivity contribution in [2.24, 2.45) is 11.8 Å². The molecular weight excluding hydrogens is 518 g/mol. The van der Waals surface area contributed by atoms with E-state index in [1.165, 1.54) is 0 Å². The van der Waals surface area contributed by atoms with Crippen molar-refractivity contribution < 1.29 is 19.1 Å². The fourth-order valence-corrected chi connectivity index (χ4v) is 5.43. The average molecular weight is 554 g/mol. The lowest BCUT2D eigenvalue weighted by molar-refractivity contribution is -0.121. The van der Waals surface area contributed by atoms with Gasteiger partial charge in [-0.25, -0.2) is 14.8 Å². The average Bonchev–Trinajstić information content (AvgIpc) is 3.31. The van der Waals surface area contributed by atoms with Gasteiger partial charge in [-0.2, -0.15) is 0 Å². The third-order valence-corrected chi connectivity index (χ3v) is 7.58. The molecule has 1 atom stereocenters. The van der Waals surface area contributed by atoms with E-state index in [4.69, 9.17) is 21.1 Å². The molecular formula is C29H36ClN5O4. The van der Waals surface area contributed by atoms with Gasteiger partial charge in [0.2, 0.25) is 5.91 Å². The van der Waals surface area contributed by atoms with Gasteiger partial charge >= 0.3 is 6.09 Å². The number of carbonyl (C=O) groups excluding carboxylic acids is 2. The molecule has 1 aromatic carbocycles. The number of benzene rings is 1. The van der Waals surface area contributed by atoms with E-state index in [9.17, 15) is 9.59 Å². The number of piperidine rings is 1. The maximum absolute atomic E-state index is 13.1. The highest BCUT2D eigenvalue weighted by Gasteiger charge is 2.31. The third kappa shape index (κ3) is 6.70. The summed E-state index contributed by atoms with van der Waals surface area (Å²) in [6.07, 6.45) is 6.60. The van der Waals surface area contributed by atoms with E-state index < -0.39 is 11.7 Å². The molecule has 0 bridgehead atoms. The van der Waals surface area contributed by atoms with Gasteiger partial charge < -0.3 is 24.3 Å². The summed E-state index contributed by atoms with van der Waals surface area (Å²) in [5, 5.41) is 3.43. The molecule has 0 aliphatic carbocycles. The van der Waals surface area contributed by atoms with E-state index in [2.05, 4.69) is 25.9 Å². The number of aromatic nitrogens is 3. The van der Waals surface area contributed by atoms with Crippen molar-refractivity contribution in [2.75, 3.05) is 31.6 Å². The largest absolute Gasteiger partial charge is 0.444 e. The molecule has 0 saturated carbocycles. The number of pyridine rings is 1. The monoisotopic (exact) mass is 553 g/mol. The summed E-state index contributed by atoms with van der Waals surface area (Å²) >= 11 is 6.57. The second-order valence-electron chi connectivity index (χ2n) is 11.5. The molecule has 0 radical (unpaired) electrons. The zero-order chi connectivity index (χ0) is 27.6. The van der Waals surface area contributed by atoms with Gasteiger partial charge in [0.05, 0.1) is 28.3 Å². The Hall–Kier alpha value is -3.17. The van der Waals surface area contributed by atoms with Crippen LogP contribution >= 0.6 is 11.6 Å². The topological polar surface area (TPSA) is 98.6 Å². The second-order valence-corrected chi connectivity index (χ2v) is 11.9. The number of rotatable bonds is 5. The minimum atomic E-state index is -0.582. The summed E-state index contributed by atoms with van der Waals surface area (Å²) in [7, 11) is 0. The first-order chi connectivity index (χ1) is 18.7. The third-order valence-electron chi connectivity index (χ3n) is 7.28. The lowest BCUT2D eigenvalue weighted by Crippen LogP contribution is -2.45. The summed E-state index contributed by atoms with van der Waals surface area (Å²) in [5.41, 5.74) is 3.09. The molecule has 1 N–H and O–H groups in total. The van der Waals surface area contributed by atoms with Crippen LogP contribution in [0.3, 0.4) is 0 Å². The Morgan fingerprint density at radius 1 is 1.15 bits per heavy atom. The number of halogens is 1. The van der Waals surface area contributed by atoms with E-state index in [0.29, 0.717) is 36.3 Å². The van der Waals surface area contributed by atoms with Crippen molar-refractivity contribution in [3.63, 3.8) is 0 Å². The van der Waals surface area contributed by atoms with Gasteiger partial charge in [-0.05, 0) is 76.1 Å². The van der Waals surface area contributed by atoms with Crippen LogP contribution < -0.4 is 5.32 Å². The Morgan fingerprint density at radius 2 is 1.95 bits per heavy atom. The maximum Gasteiger partial charge on any atom is 0.410 e. The molecule has 5 rings (SSSR count). The predicted molar refractivity (Wildman–Crippen MR) is 151 cm³/mol. The van der Waals surface area contributed by atoms with Gasteiger partial charge in [-0.1, -0.05) is 17.7 Å². The van der Waals surface area contributed by atoms with Crippen LogP contribution in [0.5, 0.6) is 0 Å². The highest BCUT2D eigenvalue weighted by Crippen LogP contribution is 2.32. The van der Waals surface area contributed by atoms with Crippen molar-refractivity contribution >= 4 is 40.5 Å². The van der Waals surface area contributed by atoms with Crippen molar-refractivity contribution in [3.8, 4) is 11.1 Å². The highest BCUT2D eigenvalue weighted by molar-refractivity contribution is 6.33. The molecule has 208 valence electrons. The van der Waals surface area contributed by atoms with Crippen molar-refractivity contribution in [1.29, 1.82) is 0 Å². The van der Waals surface area contributed by atoms with Gasteiger partial charge in [0.15, 0.2) is 0 Å². The summed E-state index contributed by atoms with van der Waals surface area (Å²) < 4.78 is 13.2. The minimum Gasteiger partial charge on any atom is -0.444 e. The molecule has 4 heterocycles. The van der Waals surface area contributed by atoms with Crippen LogP contribution in [0.2, 0.25) is 5.02 Å². The van der Waals surface area contributed by atoms with Crippen LogP contribution in [0.4, 0.5) is 10.6 Å². The number of nitrogens with one attached hydrogen (secondary N) is 1. The highest BCUT2D eigenvalue weighted by atomic mass is 35.5. The number of carbonyl (C=O) groups is 2. The summed E-state index contributed by atoms with van der Waals surface area (Å²) in [6, 6.07) is 7.87. The van der Waals surface area contributed by atoms with Crippen molar-refractivity contribution in [2.45, 2.75) is 58.6 Å². The first kappa shape index (κ1) is 27.4. The SMILES string of the molecule is CC(C)(C)OC(=O)N1CCC[C@@H](C(=O)Nc2cc(-c3ccc4ncn(CC5CCOCC5)c4c3)c(Cl)cn2)C1. The smallest absolute Gasteiger partial charge is 0.410 e. The van der Waals surface area contributed by atoms with Gasteiger partial charge in [0.1, 0.15) is 11.4 Å². The van der Waals surface area contributed by atoms with Crippen LogP contribution in [0.15, 0.2) is 36.8 Å². The Balaban J connectivity index is 1.30. The molecule has 0 unspecified atom stereocenters. The number of hydrogen-bond acceptors (Lipinski definition) is 6. The maximum atomic E-state index is 13.1. The lowest BCUT2D eigenvalue weighted by Gasteiger charge is -2.33. The van der Waals surface area contributed by atoms with E-state index >= 15 is 0 Å². The van der Waals surface area contributed by atoms with Crippen LogP contribution in [0, 0.1) is 11.8 Å². The minimum absolute atomic E-state index is 0.172. The van der Waals surface area contributed by atoms with E-state index in [0.717, 1.165) is 61.2 Å².